The molecule has 0 fully saturated rings. The third-order valence-corrected chi connectivity index (χ3v) is 4.90. The van der Waals surface area contributed by atoms with Crippen molar-refractivity contribution in [3.05, 3.63) is 59.3 Å². The standard InChI is InChI=1S/C19H16N2O3/c1-23-15-8-4-6-13-17(15)24-19-16-12(9-10-21(19)18(13)22)11-5-2-3-7-14(11)20-16/h2-8,19-20H,9-10H2,1H3. The largest absolute Gasteiger partial charge is 0.493 e. The summed E-state index contributed by atoms with van der Waals surface area (Å²) in [5.41, 5.74) is 3.83. The molecule has 24 heavy (non-hydrogen) atoms. The van der Waals surface area contributed by atoms with Crippen LogP contribution >= 0.6 is 0 Å². The molecule has 3 heterocycles. The zero-order valence-electron chi connectivity index (χ0n) is 13.2. The second-order valence-corrected chi connectivity index (χ2v) is 6.12. The molecule has 0 saturated carbocycles. The molecule has 1 N–H and O–H groups in total. The van der Waals surface area contributed by atoms with E-state index in [1.54, 1.807) is 18.1 Å². The number of fused-ring (bicyclic) bond motifs is 6. The predicted molar refractivity (Wildman–Crippen MR) is 89.4 cm³/mol. The van der Waals surface area contributed by atoms with Gasteiger partial charge in [0.2, 0.25) is 6.23 Å². The number of rotatable bonds is 1. The van der Waals surface area contributed by atoms with E-state index in [-0.39, 0.29) is 5.91 Å². The summed E-state index contributed by atoms with van der Waals surface area (Å²) in [5, 5.41) is 1.20. The number of amides is 1. The highest BCUT2D eigenvalue weighted by molar-refractivity contribution is 5.99. The van der Waals surface area contributed by atoms with E-state index in [0.29, 0.717) is 23.6 Å². The monoisotopic (exact) mass is 320 g/mol. The van der Waals surface area contributed by atoms with Gasteiger partial charge in [-0.05, 0) is 30.2 Å². The topological polar surface area (TPSA) is 54.6 Å². The quantitative estimate of drug-likeness (QED) is 0.749. The van der Waals surface area contributed by atoms with Crippen LogP contribution in [0.15, 0.2) is 42.5 Å². The Morgan fingerprint density at radius 2 is 2.08 bits per heavy atom. The highest BCUT2D eigenvalue weighted by atomic mass is 16.5. The van der Waals surface area contributed by atoms with E-state index < -0.39 is 6.23 Å². The van der Waals surface area contributed by atoms with Gasteiger partial charge in [-0.3, -0.25) is 9.69 Å². The van der Waals surface area contributed by atoms with Gasteiger partial charge in [-0.1, -0.05) is 24.3 Å². The number of hydrogen-bond acceptors (Lipinski definition) is 3. The Morgan fingerprint density at radius 1 is 1.21 bits per heavy atom. The van der Waals surface area contributed by atoms with E-state index in [2.05, 4.69) is 17.1 Å². The van der Waals surface area contributed by atoms with Crippen LogP contribution in [-0.2, 0) is 6.42 Å². The molecule has 2 aliphatic rings. The van der Waals surface area contributed by atoms with Crippen LogP contribution < -0.4 is 9.47 Å². The molecule has 5 rings (SSSR count). The van der Waals surface area contributed by atoms with Crippen LogP contribution in [0.5, 0.6) is 11.5 Å². The van der Waals surface area contributed by atoms with Crippen molar-refractivity contribution in [3.8, 4) is 11.5 Å². The highest BCUT2D eigenvalue weighted by Gasteiger charge is 2.41. The molecule has 120 valence electrons. The number of nitrogens with zero attached hydrogens (tertiary/aromatic N) is 1. The van der Waals surface area contributed by atoms with Crippen molar-refractivity contribution in [3.63, 3.8) is 0 Å². The second-order valence-electron chi connectivity index (χ2n) is 6.12. The number of para-hydroxylation sites is 2. The van der Waals surface area contributed by atoms with Crippen molar-refractivity contribution >= 4 is 16.8 Å². The summed E-state index contributed by atoms with van der Waals surface area (Å²) in [7, 11) is 1.59. The number of benzene rings is 2. The van der Waals surface area contributed by atoms with Crippen molar-refractivity contribution in [1.29, 1.82) is 0 Å². The van der Waals surface area contributed by atoms with Gasteiger partial charge in [0.1, 0.15) is 0 Å². The van der Waals surface area contributed by atoms with Gasteiger partial charge in [-0.25, -0.2) is 0 Å². The third-order valence-electron chi connectivity index (χ3n) is 4.90. The minimum atomic E-state index is -0.433. The minimum absolute atomic E-state index is 0.00976. The summed E-state index contributed by atoms with van der Waals surface area (Å²) in [6.07, 6.45) is 0.391. The van der Waals surface area contributed by atoms with E-state index in [9.17, 15) is 4.79 Å². The predicted octanol–water partition coefficient (Wildman–Crippen LogP) is 3.27. The summed E-state index contributed by atoms with van der Waals surface area (Å²) < 4.78 is 11.6. The van der Waals surface area contributed by atoms with Gasteiger partial charge in [0.15, 0.2) is 11.5 Å². The number of H-pyrrole nitrogens is 1. The Hall–Kier alpha value is -2.95. The highest BCUT2D eigenvalue weighted by Crippen LogP contribution is 2.44. The first-order valence-electron chi connectivity index (χ1n) is 8.02. The van der Waals surface area contributed by atoms with E-state index in [4.69, 9.17) is 9.47 Å². The lowest BCUT2D eigenvalue weighted by Crippen LogP contribution is -2.45. The van der Waals surface area contributed by atoms with Crippen molar-refractivity contribution in [2.45, 2.75) is 12.6 Å². The molecule has 1 amide bonds. The Morgan fingerprint density at radius 3 is 2.96 bits per heavy atom. The molecule has 3 aromatic rings. The molecule has 1 unspecified atom stereocenters. The van der Waals surface area contributed by atoms with E-state index in [0.717, 1.165) is 17.6 Å². The van der Waals surface area contributed by atoms with Crippen LogP contribution in [0.3, 0.4) is 0 Å². The summed E-state index contributed by atoms with van der Waals surface area (Å²) in [6, 6.07) is 13.6. The molecular formula is C19H16N2O3. The van der Waals surface area contributed by atoms with Crippen molar-refractivity contribution in [1.82, 2.24) is 9.88 Å². The number of aromatic nitrogens is 1. The molecule has 5 heteroatoms. The molecule has 1 atom stereocenters. The fraction of sp³-hybridized carbons (Fsp3) is 0.211. The van der Waals surface area contributed by atoms with Crippen LogP contribution in [0, 0.1) is 0 Å². The first kappa shape index (κ1) is 13.5. The average Bonchev–Trinajstić information content (AvgIpc) is 3.01. The minimum Gasteiger partial charge on any atom is -0.493 e. The maximum atomic E-state index is 12.9. The Labute approximate surface area is 138 Å². The second kappa shape index (κ2) is 4.77. The van der Waals surface area contributed by atoms with Crippen LogP contribution in [0.1, 0.15) is 27.8 Å². The molecule has 5 nitrogen and oxygen atoms in total. The van der Waals surface area contributed by atoms with E-state index in [1.807, 2.05) is 24.3 Å². The molecule has 2 aliphatic heterocycles. The lowest BCUT2D eigenvalue weighted by Gasteiger charge is -2.39. The zero-order chi connectivity index (χ0) is 16.3. The van der Waals surface area contributed by atoms with Gasteiger partial charge in [-0.15, -0.1) is 0 Å². The van der Waals surface area contributed by atoms with Crippen molar-refractivity contribution in [2.24, 2.45) is 0 Å². The number of hydrogen-bond donors (Lipinski definition) is 1. The molecule has 0 radical (unpaired) electrons. The SMILES string of the molecule is COc1cccc2c1OC1c3[nH]c4ccccc4c3CCN1C2=O. The summed E-state index contributed by atoms with van der Waals surface area (Å²) >= 11 is 0. The first-order chi connectivity index (χ1) is 11.8. The third kappa shape index (κ3) is 1.67. The van der Waals surface area contributed by atoms with E-state index in [1.165, 1.54) is 10.9 Å². The number of carbonyl (C=O) groups excluding carboxylic acids is 1. The summed E-state index contributed by atoms with van der Waals surface area (Å²) in [4.78, 5) is 18.2. The smallest absolute Gasteiger partial charge is 0.260 e. The summed E-state index contributed by atoms with van der Waals surface area (Å²) in [5.74, 6) is 1.10. The number of aromatic amines is 1. The van der Waals surface area contributed by atoms with Crippen molar-refractivity contribution < 1.29 is 14.3 Å². The Balaban J connectivity index is 1.70. The normalized spacial score (nSPS) is 18.6. The molecule has 0 saturated heterocycles. The van der Waals surface area contributed by atoms with Crippen LogP contribution in [0.4, 0.5) is 0 Å². The lowest BCUT2D eigenvalue weighted by atomic mass is 9.99. The average molecular weight is 320 g/mol. The van der Waals surface area contributed by atoms with Crippen LogP contribution in [0.25, 0.3) is 10.9 Å². The van der Waals surface area contributed by atoms with Crippen LogP contribution in [0.2, 0.25) is 0 Å². The molecule has 0 aliphatic carbocycles. The van der Waals surface area contributed by atoms with Gasteiger partial charge >= 0.3 is 0 Å². The van der Waals surface area contributed by atoms with E-state index >= 15 is 0 Å². The number of ether oxygens (including phenoxy) is 2. The number of nitrogens with one attached hydrogen (secondary N) is 1. The first-order valence-corrected chi connectivity index (χ1v) is 8.02. The number of methoxy groups -OCH3 is 1. The Bertz CT molecular complexity index is 976. The van der Waals surface area contributed by atoms with Gasteiger partial charge in [0, 0.05) is 17.4 Å². The van der Waals surface area contributed by atoms with Crippen LogP contribution in [-0.4, -0.2) is 29.4 Å². The van der Waals surface area contributed by atoms with Gasteiger partial charge in [-0.2, -0.15) is 0 Å². The fourth-order valence-electron chi connectivity index (χ4n) is 3.77. The van der Waals surface area contributed by atoms with Crippen molar-refractivity contribution in [2.75, 3.05) is 13.7 Å². The molecular weight excluding hydrogens is 304 g/mol. The van der Waals surface area contributed by atoms with Gasteiger partial charge in [0.05, 0.1) is 18.4 Å². The fourth-order valence-corrected chi connectivity index (χ4v) is 3.77. The Kier molecular flexibility index (Phi) is 2.68. The summed E-state index contributed by atoms with van der Waals surface area (Å²) in [6.45, 7) is 0.648. The maximum absolute atomic E-state index is 12.9. The maximum Gasteiger partial charge on any atom is 0.260 e. The zero-order valence-corrected chi connectivity index (χ0v) is 13.2. The van der Waals surface area contributed by atoms with Gasteiger partial charge in [0.25, 0.3) is 5.91 Å². The molecule has 0 spiro atoms. The molecule has 1 aromatic heterocycles. The molecule has 0 bridgehead atoms. The van der Waals surface area contributed by atoms with Gasteiger partial charge < -0.3 is 14.5 Å². The molecule has 2 aromatic carbocycles. The number of carbonyl (C=O) groups is 1. The lowest BCUT2D eigenvalue weighted by molar-refractivity contribution is 0.000620.